The van der Waals surface area contributed by atoms with Gasteiger partial charge in [-0.3, -0.25) is 24.5 Å². The van der Waals surface area contributed by atoms with Crippen molar-refractivity contribution in [3.05, 3.63) is 24.4 Å². The maximum atomic E-state index is 13.1. The Morgan fingerprint density at radius 1 is 1.39 bits per heavy atom. The Kier molecular flexibility index (Phi) is 7.89. The lowest BCUT2D eigenvalue weighted by molar-refractivity contribution is -0.152. The van der Waals surface area contributed by atoms with Crippen LogP contribution in [0.5, 0.6) is 0 Å². The van der Waals surface area contributed by atoms with E-state index in [1.807, 2.05) is 6.92 Å². The number of aromatic nitrogens is 1. The summed E-state index contributed by atoms with van der Waals surface area (Å²) < 4.78 is 0. The SMILES string of the molecule is CCCC[C@@H](C(=O)N1CCC[C@H]1C(=O)N(C)c1ccccn1)[C@H](O)C(=O)NO. The Labute approximate surface area is 164 Å². The van der Waals surface area contributed by atoms with Crippen LogP contribution in [0.25, 0.3) is 0 Å². The van der Waals surface area contributed by atoms with Gasteiger partial charge in [0, 0.05) is 19.8 Å². The Bertz CT molecular complexity index is 684. The molecule has 0 unspecified atom stereocenters. The molecule has 9 nitrogen and oxygen atoms in total. The van der Waals surface area contributed by atoms with Crippen LogP contribution >= 0.6 is 0 Å². The molecule has 1 aliphatic rings. The van der Waals surface area contributed by atoms with Gasteiger partial charge in [-0.05, 0) is 31.4 Å². The smallest absolute Gasteiger partial charge is 0.272 e. The number of hydroxylamine groups is 1. The maximum absolute atomic E-state index is 13.1. The van der Waals surface area contributed by atoms with E-state index >= 15 is 0 Å². The van der Waals surface area contributed by atoms with E-state index in [4.69, 9.17) is 5.21 Å². The van der Waals surface area contributed by atoms with Gasteiger partial charge in [-0.2, -0.15) is 0 Å². The number of carbonyl (C=O) groups excluding carboxylic acids is 3. The summed E-state index contributed by atoms with van der Waals surface area (Å²) >= 11 is 0. The molecule has 0 bridgehead atoms. The van der Waals surface area contributed by atoms with Crippen molar-refractivity contribution in [3.8, 4) is 0 Å². The number of hydrogen-bond donors (Lipinski definition) is 3. The Morgan fingerprint density at radius 2 is 2.14 bits per heavy atom. The molecule has 0 spiro atoms. The minimum atomic E-state index is -1.67. The molecule has 1 aliphatic heterocycles. The third-order valence-corrected chi connectivity index (χ3v) is 5.09. The Hall–Kier alpha value is -2.52. The van der Waals surface area contributed by atoms with Crippen LogP contribution in [0.15, 0.2) is 24.4 Å². The molecule has 0 radical (unpaired) electrons. The van der Waals surface area contributed by atoms with E-state index in [0.717, 1.165) is 6.42 Å². The van der Waals surface area contributed by atoms with Crippen molar-refractivity contribution in [1.82, 2.24) is 15.4 Å². The van der Waals surface area contributed by atoms with E-state index in [1.165, 1.54) is 15.3 Å². The van der Waals surface area contributed by atoms with Crippen LogP contribution in [-0.4, -0.2) is 63.7 Å². The lowest BCUT2D eigenvalue weighted by Crippen LogP contribution is -2.52. The monoisotopic (exact) mass is 392 g/mol. The normalized spacial score (nSPS) is 18.4. The van der Waals surface area contributed by atoms with E-state index in [-0.39, 0.29) is 12.3 Å². The topological polar surface area (TPSA) is 123 Å². The standard InChI is InChI=1S/C19H28N4O5/c1-3-4-8-13(16(24)17(25)21-28)18(26)23-12-7-9-14(23)19(27)22(2)15-10-5-6-11-20-15/h5-6,10-11,13-14,16,24,28H,3-4,7-9,12H2,1-2H3,(H,21,25)/t13-,14+,16+/m1/s1. The molecule has 1 fully saturated rings. The van der Waals surface area contributed by atoms with Crippen molar-refractivity contribution >= 4 is 23.5 Å². The molecule has 1 aromatic rings. The number of nitrogens with zero attached hydrogens (tertiary/aromatic N) is 3. The van der Waals surface area contributed by atoms with Crippen molar-refractivity contribution < 1.29 is 24.7 Å². The van der Waals surface area contributed by atoms with Crippen LogP contribution < -0.4 is 10.4 Å². The Morgan fingerprint density at radius 3 is 2.75 bits per heavy atom. The molecule has 2 heterocycles. The Balaban J connectivity index is 2.19. The van der Waals surface area contributed by atoms with Gasteiger partial charge in [-0.15, -0.1) is 0 Å². The zero-order valence-corrected chi connectivity index (χ0v) is 16.2. The van der Waals surface area contributed by atoms with Crippen molar-refractivity contribution in [2.24, 2.45) is 5.92 Å². The molecule has 9 heteroatoms. The first-order valence-electron chi connectivity index (χ1n) is 9.53. The lowest BCUT2D eigenvalue weighted by atomic mass is 9.93. The number of rotatable bonds is 8. The van der Waals surface area contributed by atoms with E-state index < -0.39 is 29.9 Å². The molecule has 1 aromatic heterocycles. The number of carbonyl (C=O) groups is 3. The fraction of sp³-hybridized carbons (Fsp3) is 0.579. The zero-order chi connectivity index (χ0) is 20.7. The van der Waals surface area contributed by atoms with Crippen LogP contribution in [-0.2, 0) is 14.4 Å². The van der Waals surface area contributed by atoms with Crippen LogP contribution in [0.4, 0.5) is 5.82 Å². The molecule has 2 rings (SSSR count). The van der Waals surface area contributed by atoms with E-state index in [0.29, 0.717) is 31.6 Å². The number of unbranched alkanes of at least 4 members (excludes halogenated alkanes) is 1. The first-order chi connectivity index (χ1) is 13.4. The highest BCUT2D eigenvalue weighted by molar-refractivity contribution is 5.99. The second kappa shape index (κ2) is 10.1. The van der Waals surface area contributed by atoms with Crippen LogP contribution in [0.1, 0.15) is 39.0 Å². The first-order valence-corrected chi connectivity index (χ1v) is 9.53. The highest BCUT2D eigenvalue weighted by Gasteiger charge is 2.41. The zero-order valence-electron chi connectivity index (χ0n) is 16.2. The minimum absolute atomic E-state index is 0.264. The van der Waals surface area contributed by atoms with Crippen molar-refractivity contribution in [2.75, 3.05) is 18.5 Å². The number of hydrogen-bond acceptors (Lipinski definition) is 6. The molecule has 0 aromatic carbocycles. The van der Waals surface area contributed by atoms with Gasteiger partial charge in [0.15, 0.2) is 0 Å². The summed E-state index contributed by atoms with van der Waals surface area (Å²) in [7, 11) is 1.61. The van der Waals surface area contributed by atoms with E-state index in [9.17, 15) is 19.5 Å². The number of likely N-dealkylation sites (N-methyl/N-ethyl adjacent to an activating group) is 1. The van der Waals surface area contributed by atoms with E-state index in [1.54, 1.807) is 31.4 Å². The molecular weight excluding hydrogens is 364 g/mol. The highest BCUT2D eigenvalue weighted by atomic mass is 16.5. The summed E-state index contributed by atoms with van der Waals surface area (Å²) in [6, 6.07) is 4.55. The summed E-state index contributed by atoms with van der Waals surface area (Å²) in [4.78, 5) is 44.8. The lowest BCUT2D eigenvalue weighted by Gasteiger charge is -2.31. The number of anilines is 1. The minimum Gasteiger partial charge on any atom is -0.382 e. The number of nitrogens with one attached hydrogen (secondary N) is 1. The molecule has 3 atom stereocenters. The molecule has 0 saturated carbocycles. The third-order valence-electron chi connectivity index (χ3n) is 5.09. The van der Waals surface area contributed by atoms with Gasteiger partial charge in [0.1, 0.15) is 18.0 Å². The molecular formula is C19H28N4O5. The fourth-order valence-electron chi connectivity index (χ4n) is 3.48. The first kappa shape index (κ1) is 21.8. The van der Waals surface area contributed by atoms with Crippen LogP contribution in [0.3, 0.4) is 0 Å². The van der Waals surface area contributed by atoms with Gasteiger partial charge in [-0.25, -0.2) is 10.5 Å². The molecule has 0 aliphatic carbocycles. The van der Waals surface area contributed by atoms with Crippen LogP contribution in [0.2, 0.25) is 0 Å². The van der Waals surface area contributed by atoms with Crippen molar-refractivity contribution in [3.63, 3.8) is 0 Å². The van der Waals surface area contributed by atoms with Gasteiger partial charge < -0.3 is 10.0 Å². The molecule has 28 heavy (non-hydrogen) atoms. The van der Waals surface area contributed by atoms with Gasteiger partial charge in [0.25, 0.3) is 11.8 Å². The van der Waals surface area contributed by atoms with Crippen molar-refractivity contribution in [1.29, 1.82) is 0 Å². The predicted molar refractivity (Wildman–Crippen MR) is 101 cm³/mol. The highest BCUT2D eigenvalue weighted by Crippen LogP contribution is 2.26. The van der Waals surface area contributed by atoms with Gasteiger partial charge >= 0.3 is 0 Å². The second-order valence-corrected chi connectivity index (χ2v) is 6.94. The number of likely N-dealkylation sites (tertiary alicyclic amines) is 1. The molecule has 3 N–H and O–H groups in total. The largest absolute Gasteiger partial charge is 0.382 e. The van der Waals surface area contributed by atoms with Gasteiger partial charge in [-0.1, -0.05) is 25.8 Å². The average Bonchev–Trinajstić information content (AvgIpc) is 3.22. The van der Waals surface area contributed by atoms with Crippen LogP contribution in [0, 0.1) is 5.92 Å². The number of pyridine rings is 1. The number of aliphatic hydroxyl groups excluding tert-OH is 1. The summed E-state index contributed by atoms with van der Waals surface area (Å²) in [5, 5.41) is 19.0. The van der Waals surface area contributed by atoms with Gasteiger partial charge in [0.2, 0.25) is 5.91 Å². The van der Waals surface area contributed by atoms with Gasteiger partial charge in [0.05, 0.1) is 5.92 Å². The predicted octanol–water partition coefficient (Wildman–Crippen LogP) is 0.708. The summed E-state index contributed by atoms with van der Waals surface area (Å²) in [5.74, 6) is -2.27. The second-order valence-electron chi connectivity index (χ2n) is 6.94. The number of amides is 3. The third kappa shape index (κ3) is 4.85. The average molecular weight is 392 g/mol. The maximum Gasteiger partial charge on any atom is 0.272 e. The fourth-order valence-corrected chi connectivity index (χ4v) is 3.48. The molecule has 1 saturated heterocycles. The molecule has 154 valence electrons. The molecule has 3 amide bonds. The van der Waals surface area contributed by atoms with E-state index in [2.05, 4.69) is 4.98 Å². The quantitative estimate of drug-likeness (QED) is 0.442. The summed E-state index contributed by atoms with van der Waals surface area (Å²) in [6.07, 6.45) is 2.77. The summed E-state index contributed by atoms with van der Waals surface area (Å²) in [6.45, 7) is 2.31. The summed E-state index contributed by atoms with van der Waals surface area (Å²) in [5.41, 5.74) is 1.40. The van der Waals surface area contributed by atoms with Crippen molar-refractivity contribution in [2.45, 2.75) is 51.2 Å². The number of aliphatic hydroxyl groups is 1.